The second-order valence-corrected chi connectivity index (χ2v) is 5.93. The highest BCUT2D eigenvalue weighted by molar-refractivity contribution is 5.77. The summed E-state index contributed by atoms with van der Waals surface area (Å²) in [7, 11) is 1.75. The van der Waals surface area contributed by atoms with Crippen LogP contribution < -0.4 is 0 Å². The van der Waals surface area contributed by atoms with Crippen LogP contribution in [0.25, 0.3) is 0 Å². The van der Waals surface area contributed by atoms with Gasteiger partial charge in [0, 0.05) is 20.1 Å². The minimum Gasteiger partial charge on any atom is -0.481 e. The smallest absolute Gasteiger partial charge is 0.320 e. The summed E-state index contributed by atoms with van der Waals surface area (Å²) in [5.41, 5.74) is -0.533. The fourth-order valence-electron chi connectivity index (χ4n) is 3.23. The van der Waals surface area contributed by atoms with Crippen molar-refractivity contribution in [3.8, 4) is 0 Å². The van der Waals surface area contributed by atoms with Crippen LogP contribution in [0.1, 0.15) is 51.9 Å². The van der Waals surface area contributed by atoms with Gasteiger partial charge in [-0.1, -0.05) is 32.3 Å². The number of carbonyl (C=O) groups excluding carboxylic acids is 1. The number of carboxylic acids is 1. The van der Waals surface area contributed by atoms with Crippen molar-refractivity contribution >= 4 is 12.0 Å². The molecule has 0 heterocycles. The van der Waals surface area contributed by atoms with Crippen LogP contribution in [0.2, 0.25) is 0 Å². The molecule has 1 rings (SSSR count). The molecule has 0 bridgehead atoms. The van der Waals surface area contributed by atoms with Crippen LogP contribution >= 0.6 is 0 Å². The van der Waals surface area contributed by atoms with E-state index in [0.29, 0.717) is 13.1 Å². The summed E-state index contributed by atoms with van der Waals surface area (Å²) < 4.78 is 0. The molecule has 0 atom stereocenters. The SMILES string of the molecule is C=CCN(CCC)C(=O)N(C)C1(CC(=O)O)CCCCC1. The molecule has 21 heavy (non-hydrogen) atoms. The number of nitrogens with zero attached hydrogens (tertiary/aromatic N) is 2. The number of carbonyl (C=O) groups is 2. The first-order valence-electron chi connectivity index (χ1n) is 7.82. The highest BCUT2D eigenvalue weighted by Crippen LogP contribution is 2.36. The van der Waals surface area contributed by atoms with E-state index in [1.165, 1.54) is 0 Å². The van der Waals surface area contributed by atoms with E-state index >= 15 is 0 Å². The molecule has 0 radical (unpaired) electrons. The number of urea groups is 1. The number of hydrogen-bond acceptors (Lipinski definition) is 2. The lowest BCUT2D eigenvalue weighted by Crippen LogP contribution is -2.56. The summed E-state index contributed by atoms with van der Waals surface area (Å²) in [6.07, 6.45) is 7.26. The number of carboxylic acid groups (broad SMARTS) is 1. The molecule has 0 spiro atoms. The Kier molecular flexibility index (Phi) is 6.72. The van der Waals surface area contributed by atoms with Crippen molar-refractivity contribution in [2.45, 2.75) is 57.4 Å². The Hall–Kier alpha value is -1.52. The standard InChI is InChI=1S/C16H28N2O3/c1-4-11-18(12-5-2)15(21)17(3)16(13-14(19)20)9-7-6-8-10-16/h4H,1,5-13H2,2-3H3,(H,19,20). The van der Waals surface area contributed by atoms with Gasteiger partial charge in [-0.2, -0.15) is 0 Å². The average molecular weight is 296 g/mol. The van der Waals surface area contributed by atoms with Gasteiger partial charge < -0.3 is 14.9 Å². The molecule has 2 amide bonds. The Bertz CT molecular complexity index is 376. The maximum atomic E-state index is 12.7. The van der Waals surface area contributed by atoms with Crippen molar-refractivity contribution < 1.29 is 14.7 Å². The zero-order valence-electron chi connectivity index (χ0n) is 13.3. The van der Waals surface area contributed by atoms with Crippen LogP contribution in [0, 0.1) is 0 Å². The Balaban J connectivity index is 2.91. The van der Waals surface area contributed by atoms with E-state index in [1.807, 2.05) is 6.92 Å². The van der Waals surface area contributed by atoms with Crippen LogP contribution in [0.5, 0.6) is 0 Å². The first-order chi connectivity index (χ1) is 9.96. The molecular formula is C16H28N2O3. The molecule has 120 valence electrons. The molecule has 1 fully saturated rings. The van der Waals surface area contributed by atoms with Gasteiger partial charge in [0.25, 0.3) is 0 Å². The van der Waals surface area contributed by atoms with Crippen LogP contribution in [0.4, 0.5) is 4.79 Å². The Morgan fingerprint density at radius 1 is 1.29 bits per heavy atom. The zero-order chi connectivity index (χ0) is 15.9. The predicted molar refractivity (Wildman–Crippen MR) is 83.3 cm³/mol. The largest absolute Gasteiger partial charge is 0.481 e. The minimum absolute atomic E-state index is 0.0310. The molecule has 1 aliphatic rings. The van der Waals surface area contributed by atoms with Gasteiger partial charge in [-0.05, 0) is 19.3 Å². The average Bonchev–Trinajstić information content (AvgIpc) is 2.45. The van der Waals surface area contributed by atoms with Gasteiger partial charge in [0.05, 0.1) is 12.0 Å². The van der Waals surface area contributed by atoms with E-state index in [4.69, 9.17) is 0 Å². The number of hydrogen-bond donors (Lipinski definition) is 1. The maximum absolute atomic E-state index is 12.7. The molecule has 1 N–H and O–H groups in total. The number of aliphatic carboxylic acids is 1. The van der Waals surface area contributed by atoms with E-state index in [9.17, 15) is 14.7 Å². The van der Waals surface area contributed by atoms with Crippen LogP contribution in [0.3, 0.4) is 0 Å². The van der Waals surface area contributed by atoms with Crippen LogP contribution in [0.15, 0.2) is 12.7 Å². The summed E-state index contributed by atoms with van der Waals surface area (Å²) in [6.45, 7) is 6.89. The molecule has 1 saturated carbocycles. The molecule has 0 aromatic carbocycles. The second kappa shape index (κ2) is 8.05. The summed E-state index contributed by atoms with van der Waals surface area (Å²) in [4.78, 5) is 27.4. The lowest BCUT2D eigenvalue weighted by Gasteiger charge is -2.45. The lowest BCUT2D eigenvalue weighted by atomic mass is 9.78. The molecule has 0 aromatic heterocycles. The maximum Gasteiger partial charge on any atom is 0.320 e. The number of rotatable bonds is 7. The second-order valence-electron chi connectivity index (χ2n) is 5.93. The quantitative estimate of drug-likeness (QED) is 0.734. The summed E-state index contributed by atoms with van der Waals surface area (Å²) in [5, 5.41) is 9.24. The zero-order valence-corrected chi connectivity index (χ0v) is 13.3. The molecule has 0 unspecified atom stereocenters. The molecule has 0 aliphatic heterocycles. The normalized spacial score (nSPS) is 17.0. The fraction of sp³-hybridized carbons (Fsp3) is 0.750. The van der Waals surface area contributed by atoms with E-state index in [0.717, 1.165) is 38.5 Å². The van der Waals surface area contributed by atoms with Crippen molar-refractivity contribution in [3.05, 3.63) is 12.7 Å². The third kappa shape index (κ3) is 4.48. The Labute approximate surface area is 127 Å². The summed E-state index contributed by atoms with van der Waals surface area (Å²) >= 11 is 0. The van der Waals surface area contributed by atoms with Crippen LogP contribution in [-0.2, 0) is 4.79 Å². The fourth-order valence-corrected chi connectivity index (χ4v) is 3.23. The Morgan fingerprint density at radius 3 is 2.38 bits per heavy atom. The van der Waals surface area contributed by atoms with Crippen molar-refractivity contribution in [3.63, 3.8) is 0 Å². The minimum atomic E-state index is -0.831. The van der Waals surface area contributed by atoms with Crippen molar-refractivity contribution in [1.82, 2.24) is 9.80 Å². The molecule has 0 saturated heterocycles. The van der Waals surface area contributed by atoms with Crippen molar-refractivity contribution in [2.24, 2.45) is 0 Å². The molecule has 1 aliphatic carbocycles. The highest BCUT2D eigenvalue weighted by atomic mass is 16.4. The van der Waals surface area contributed by atoms with Crippen LogP contribution in [-0.4, -0.2) is 52.6 Å². The van der Waals surface area contributed by atoms with Gasteiger partial charge >= 0.3 is 12.0 Å². The monoisotopic (exact) mass is 296 g/mol. The van der Waals surface area contributed by atoms with Gasteiger partial charge in [-0.3, -0.25) is 4.79 Å². The number of amides is 2. The topological polar surface area (TPSA) is 60.9 Å². The first-order valence-corrected chi connectivity index (χ1v) is 7.82. The van der Waals surface area contributed by atoms with Gasteiger partial charge in [0.1, 0.15) is 0 Å². The van der Waals surface area contributed by atoms with Crippen molar-refractivity contribution in [1.29, 1.82) is 0 Å². The highest BCUT2D eigenvalue weighted by Gasteiger charge is 2.41. The van der Waals surface area contributed by atoms with Gasteiger partial charge in [0.2, 0.25) is 0 Å². The van der Waals surface area contributed by atoms with Gasteiger partial charge in [-0.15, -0.1) is 6.58 Å². The van der Waals surface area contributed by atoms with Crippen molar-refractivity contribution in [2.75, 3.05) is 20.1 Å². The van der Waals surface area contributed by atoms with E-state index in [-0.39, 0.29) is 12.5 Å². The van der Waals surface area contributed by atoms with Gasteiger partial charge in [0.15, 0.2) is 0 Å². The third-order valence-corrected chi connectivity index (χ3v) is 4.38. The molecule has 0 aromatic rings. The van der Waals surface area contributed by atoms with E-state index < -0.39 is 11.5 Å². The molecule has 5 heteroatoms. The predicted octanol–water partition coefficient (Wildman–Crippen LogP) is 3.11. The lowest BCUT2D eigenvalue weighted by molar-refractivity contribution is -0.140. The molecule has 5 nitrogen and oxygen atoms in total. The van der Waals surface area contributed by atoms with E-state index in [2.05, 4.69) is 6.58 Å². The molecular weight excluding hydrogens is 268 g/mol. The van der Waals surface area contributed by atoms with E-state index in [1.54, 1.807) is 22.9 Å². The summed E-state index contributed by atoms with van der Waals surface area (Å²) in [6, 6.07) is -0.0834. The summed E-state index contributed by atoms with van der Waals surface area (Å²) in [5.74, 6) is -0.831. The Morgan fingerprint density at radius 2 is 1.90 bits per heavy atom. The first kappa shape index (κ1) is 17.5. The third-order valence-electron chi connectivity index (χ3n) is 4.38. The van der Waals surface area contributed by atoms with Gasteiger partial charge in [-0.25, -0.2) is 4.79 Å².